The highest BCUT2D eigenvalue weighted by Gasteiger charge is 2.88. The van der Waals surface area contributed by atoms with Gasteiger partial charge in [-0.05, 0) is 100 Å². The minimum absolute atomic E-state index is 0.0212. The monoisotopic (exact) mass is 678 g/mol. The van der Waals surface area contributed by atoms with Crippen LogP contribution < -0.4 is 0 Å². The Morgan fingerprint density at radius 3 is 2.27 bits per heavy atom. The molecule has 11 heteroatoms. The van der Waals surface area contributed by atoms with E-state index in [-0.39, 0.29) is 53.4 Å². The van der Waals surface area contributed by atoms with E-state index in [4.69, 9.17) is 23.7 Å². The highest BCUT2D eigenvalue weighted by Crippen LogP contribution is 2.90. The normalized spacial score (nSPS) is 57.8. The molecule has 0 aromatic rings. The molecule has 5 aliphatic carbocycles. The molecule has 8 fully saturated rings. The van der Waals surface area contributed by atoms with Gasteiger partial charge < -0.3 is 49.2 Å². The molecule has 5 N–H and O–H groups in total. The summed E-state index contributed by atoms with van der Waals surface area (Å²) in [7, 11) is 0. The molecule has 5 saturated carbocycles. The quantitative estimate of drug-likeness (QED) is 0.215. The van der Waals surface area contributed by atoms with Crippen molar-refractivity contribution < 1.29 is 54.0 Å². The molecule has 272 valence electrons. The molecule has 11 nitrogen and oxygen atoms in total. The summed E-state index contributed by atoms with van der Waals surface area (Å²) < 4.78 is 32.3. The lowest BCUT2D eigenvalue weighted by molar-refractivity contribution is -0.389. The summed E-state index contributed by atoms with van der Waals surface area (Å²) in [6, 6.07) is 0. The van der Waals surface area contributed by atoms with E-state index in [2.05, 4.69) is 27.7 Å². The number of rotatable bonds is 5. The number of hydrogen-bond donors (Lipinski definition) is 5. The van der Waals surface area contributed by atoms with Gasteiger partial charge in [-0.2, -0.15) is 0 Å². The van der Waals surface area contributed by atoms with Gasteiger partial charge in [0.25, 0.3) is 0 Å². The Morgan fingerprint density at radius 2 is 1.60 bits per heavy atom. The van der Waals surface area contributed by atoms with Crippen molar-refractivity contribution in [2.75, 3.05) is 13.2 Å². The van der Waals surface area contributed by atoms with Gasteiger partial charge in [-0.1, -0.05) is 20.8 Å². The van der Waals surface area contributed by atoms with Gasteiger partial charge in [-0.25, -0.2) is 0 Å². The SMILES string of the molecule is CC(=O)O[C@H]1[C@@H]2O[C@@]3(C(C)(C)O)CC[C@](C)(O3)[C@@H]2[C@@]2(CO)CC[C@@]34C[C@@]35CC[C@H](O[C@@H]3OC[C@@H](O)[C@H](O)[C@H]3O)C(C)(C)[C@@H]5CC[C@H]4[C@]12C. The number of ether oxygens (including phenoxy) is 5. The highest BCUT2D eigenvalue weighted by molar-refractivity contribution is 5.66. The zero-order chi connectivity index (χ0) is 34.7. The van der Waals surface area contributed by atoms with Crippen LogP contribution in [0.3, 0.4) is 0 Å². The van der Waals surface area contributed by atoms with E-state index in [0.29, 0.717) is 18.8 Å². The Balaban J connectivity index is 1.14. The maximum Gasteiger partial charge on any atom is 0.303 e. The van der Waals surface area contributed by atoms with E-state index in [1.165, 1.54) is 6.92 Å². The maximum absolute atomic E-state index is 12.9. The molecule has 3 aliphatic heterocycles. The van der Waals surface area contributed by atoms with Crippen molar-refractivity contribution >= 4 is 5.97 Å². The predicted molar refractivity (Wildman–Crippen MR) is 170 cm³/mol. The highest BCUT2D eigenvalue weighted by atomic mass is 16.8. The first kappa shape index (κ1) is 34.2. The third-order valence-electron chi connectivity index (χ3n) is 16.4. The number of carbonyl (C=O) groups excluding carboxylic acids is 1. The molecule has 0 aromatic heterocycles. The molecule has 3 saturated heterocycles. The second kappa shape index (κ2) is 10.2. The van der Waals surface area contributed by atoms with Gasteiger partial charge >= 0.3 is 5.97 Å². The fraction of sp³-hybridized carbons (Fsp3) is 0.973. The number of carbonyl (C=O) groups is 1. The van der Waals surface area contributed by atoms with Gasteiger partial charge in [-0.15, -0.1) is 0 Å². The van der Waals surface area contributed by atoms with Gasteiger partial charge in [0, 0.05) is 36.7 Å². The molecule has 0 unspecified atom stereocenters. The minimum Gasteiger partial charge on any atom is -0.459 e. The Bertz CT molecular complexity index is 1350. The van der Waals surface area contributed by atoms with Crippen LogP contribution in [0.5, 0.6) is 0 Å². The first-order valence-electron chi connectivity index (χ1n) is 18.5. The van der Waals surface area contributed by atoms with Crippen LogP contribution in [-0.2, 0) is 28.5 Å². The van der Waals surface area contributed by atoms with Crippen molar-refractivity contribution in [3.63, 3.8) is 0 Å². The first-order chi connectivity index (χ1) is 22.3. The van der Waals surface area contributed by atoms with Crippen molar-refractivity contribution in [1.82, 2.24) is 0 Å². The lowest BCUT2D eigenvalue weighted by Crippen LogP contribution is -2.65. The fourth-order valence-corrected chi connectivity index (χ4v) is 14.2. The standard InChI is InChI=1S/C37H58O11/c1-19(39)45-28-26-27(32(6)12-15-37(47-26,48-32)31(4,5)43)36(18-38)14-13-35-17-34(35)11-10-23(46-29-25(42)24(41)20(40)16-44-29)30(2,3)21(34)8-9-22(35)33(28,36)7/h20-29,38,40-43H,8-18H2,1-7H3/t20-,21+,22+,23+,24+,25-,26-,27-,28+,29+,32+,33-,34-,35+,36+,37+/m1/s1. The zero-order valence-electron chi connectivity index (χ0n) is 29.7. The Kier molecular flexibility index (Phi) is 7.24. The number of hydrogen-bond acceptors (Lipinski definition) is 11. The van der Waals surface area contributed by atoms with Gasteiger partial charge in [0.1, 0.15) is 36.1 Å². The maximum atomic E-state index is 12.9. The number of fused-ring (bicyclic) bond motifs is 7. The van der Waals surface area contributed by atoms with Crippen molar-refractivity contribution in [3.8, 4) is 0 Å². The average molecular weight is 679 g/mol. The topological polar surface area (TPSA) is 164 Å². The zero-order valence-corrected chi connectivity index (χ0v) is 29.7. The minimum atomic E-state index is -1.32. The van der Waals surface area contributed by atoms with Crippen molar-refractivity contribution in [2.45, 2.75) is 166 Å². The summed E-state index contributed by atoms with van der Waals surface area (Å²) in [5.41, 5.74) is -3.25. The van der Waals surface area contributed by atoms with Crippen molar-refractivity contribution in [3.05, 3.63) is 0 Å². The van der Waals surface area contributed by atoms with E-state index in [0.717, 1.165) is 44.9 Å². The van der Waals surface area contributed by atoms with Crippen LogP contribution in [0.15, 0.2) is 0 Å². The molecule has 2 bridgehead atoms. The third kappa shape index (κ3) is 3.90. The Morgan fingerprint density at radius 1 is 0.917 bits per heavy atom. The number of esters is 1. The summed E-state index contributed by atoms with van der Waals surface area (Å²) in [6.45, 7) is 13.7. The summed E-state index contributed by atoms with van der Waals surface area (Å²) in [6.07, 6.45) is 1.60. The number of aliphatic hydroxyl groups is 5. The summed E-state index contributed by atoms with van der Waals surface area (Å²) in [4.78, 5) is 12.9. The summed E-state index contributed by atoms with van der Waals surface area (Å²) >= 11 is 0. The molecule has 3 heterocycles. The molecule has 0 radical (unpaired) electrons. The Labute approximate surface area is 284 Å². The lowest BCUT2D eigenvalue weighted by atomic mass is 9.41. The van der Waals surface area contributed by atoms with Gasteiger partial charge in [-0.3, -0.25) is 4.79 Å². The molecule has 0 amide bonds. The van der Waals surface area contributed by atoms with E-state index in [9.17, 15) is 30.3 Å². The summed E-state index contributed by atoms with van der Waals surface area (Å²) in [5.74, 6) is -1.24. The van der Waals surface area contributed by atoms with Gasteiger partial charge in [0.2, 0.25) is 0 Å². The van der Waals surface area contributed by atoms with Crippen LogP contribution in [-0.4, -0.2) is 105 Å². The van der Waals surface area contributed by atoms with Crippen LogP contribution in [0, 0.1) is 44.8 Å². The van der Waals surface area contributed by atoms with Crippen LogP contribution in [0.2, 0.25) is 0 Å². The van der Waals surface area contributed by atoms with E-state index in [1.807, 2.05) is 0 Å². The molecule has 0 aromatic carbocycles. The van der Waals surface area contributed by atoms with Crippen LogP contribution >= 0.6 is 0 Å². The van der Waals surface area contributed by atoms with E-state index in [1.54, 1.807) is 13.8 Å². The van der Waals surface area contributed by atoms with E-state index < -0.39 is 64.6 Å². The molecule has 48 heavy (non-hydrogen) atoms. The molecule has 2 spiro atoms. The van der Waals surface area contributed by atoms with Crippen LogP contribution in [0.1, 0.15) is 106 Å². The van der Waals surface area contributed by atoms with Crippen molar-refractivity contribution in [1.29, 1.82) is 0 Å². The molecule has 8 rings (SSSR count). The van der Waals surface area contributed by atoms with Crippen LogP contribution in [0.25, 0.3) is 0 Å². The lowest BCUT2D eigenvalue weighted by Gasteiger charge is -2.64. The molecule has 8 aliphatic rings. The fourth-order valence-electron chi connectivity index (χ4n) is 14.2. The van der Waals surface area contributed by atoms with Gasteiger partial charge in [0.15, 0.2) is 12.1 Å². The Hall–Kier alpha value is -0.890. The molecule has 16 atom stereocenters. The second-order valence-electron chi connectivity index (χ2n) is 18.8. The predicted octanol–water partition coefficient (Wildman–Crippen LogP) is 2.81. The molecular formula is C37H58O11. The summed E-state index contributed by atoms with van der Waals surface area (Å²) in [5, 5.41) is 53.9. The first-order valence-corrected chi connectivity index (χ1v) is 18.5. The third-order valence-corrected chi connectivity index (χ3v) is 16.4. The van der Waals surface area contributed by atoms with Gasteiger partial charge in [0.05, 0.1) is 18.3 Å². The largest absolute Gasteiger partial charge is 0.459 e. The number of aliphatic hydroxyl groups excluding tert-OH is 4. The molecular weight excluding hydrogens is 620 g/mol. The second-order valence-corrected chi connectivity index (χ2v) is 18.8. The smallest absolute Gasteiger partial charge is 0.303 e. The van der Waals surface area contributed by atoms with E-state index >= 15 is 0 Å². The van der Waals surface area contributed by atoms with Crippen molar-refractivity contribution in [2.24, 2.45) is 44.8 Å². The van der Waals surface area contributed by atoms with Crippen LogP contribution in [0.4, 0.5) is 0 Å². The average Bonchev–Trinajstić information content (AvgIpc) is 3.50.